The van der Waals surface area contributed by atoms with Crippen molar-refractivity contribution in [3.8, 4) is 0 Å². The highest BCUT2D eigenvalue weighted by Gasteiger charge is 2.28. The van der Waals surface area contributed by atoms with Crippen LogP contribution in [0.15, 0.2) is 4.99 Å². The van der Waals surface area contributed by atoms with Crippen LogP contribution >= 0.6 is 11.8 Å². The lowest BCUT2D eigenvalue weighted by molar-refractivity contribution is 0.290. The minimum absolute atomic E-state index is 0.247. The minimum Gasteiger partial charge on any atom is -0.362 e. The van der Waals surface area contributed by atoms with Crippen LogP contribution in [0.5, 0.6) is 0 Å². The highest BCUT2D eigenvalue weighted by Crippen LogP contribution is 2.27. The first-order valence-electron chi connectivity index (χ1n) is 5.04. The largest absolute Gasteiger partial charge is 0.362 e. The van der Waals surface area contributed by atoms with Gasteiger partial charge < -0.3 is 5.32 Å². The third-order valence-corrected chi connectivity index (χ3v) is 3.29. The lowest BCUT2D eigenvalue weighted by Crippen LogP contribution is -2.46. The number of hydrogen-bond donors (Lipinski definition) is 1. The second-order valence-corrected chi connectivity index (χ2v) is 5.66. The molecule has 2 nitrogen and oxygen atoms in total. The van der Waals surface area contributed by atoms with E-state index in [0.717, 1.165) is 17.3 Å². The number of halogens is 1. The van der Waals surface area contributed by atoms with E-state index in [4.69, 9.17) is 0 Å². The highest BCUT2D eigenvalue weighted by atomic mass is 32.2. The number of thioether (sulfide) groups is 1. The van der Waals surface area contributed by atoms with Crippen LogP contribution in [0.2, 0.25) is 0 Å². The second-order valence-electron chi connectivity index (χ2n) is 4.58. The molecule has 0 aromatic rings. The molecule has 0 amide bonds. The van der Waals surface area contributed by atoms with E-state index in [1.807, 2.05) is 0 Å². The summed E-state index contributed by atoms with van der Waals surface area (Å²) in [5.74, 6) is 1.08. The standard InChI is InChI=1S/C10H19FN2S/c1-10(2,3)8-4-7-14-9(13-8)12-6-5-11/h8H,4-7H2,1-3H3,(H,12,13). The maximum atomic E-state index is 11.9. The van der Waals surface area contributed by atoms with Crippen molar-refractivity contribution < 1.29 is 4.39 Å². The van der Waals surface area contributed by atoms with E-state index in [9.17, 15) is 4.39 Å². The summed E-state index contributed by atoms with van der Waals surface area (Å²) in [6.07, 6.45) is 1.16. The van der Waals surface area contributed by atoms with Crippen LogP contribution < -0.4 is 5.32 Å². The van der Waals surface area contributed by atoms with Crippen molar-refractivity contribution in [2.75, 3.05) is 19.0 Å². The summed E-state index contributed by atoms with van der Waals surface area (Å²) in [5, 5.41) is 4.29. The summed E-state index contributed by atoms with van der Waals surface area (Å²) in [6, 6.07) is 0.460. The number of rotatable bonds is 2. The molecule has 4 heteroatoms. The SMILES string of the molecule is CC(C)(C)C1CCSC(=NCCF)N1. The van der Waals surface area contributed by atoms with Crippen molar-refractivity contribution in [1.82, 2.24) is 5.32 Å². The molecule has 0 bridgehead atoms. The quantitative estimate of drug-likeness (QED) is 0.770. The first-order chi connectivity index (χ1) is 6.54. The van der Waals surface area contributed by atoms with Gasteiger partial charge in [-0.25, -0.2) is 4.39 Å². The first kappa shape index (κ1) is 11.8. The molecule has 1 N–H and O–H groups in total. The molecule has 1 heterocycles. The molecular formula is C10H19FN2S. The minimum atomic E-state index is -0.369. The highest BCUT2D eigenvalue weighted by molar-refractivity contribution is 8.13. The van der Waals surface area contributed by atoms with E-state index in [1.54, 1.807) is 11.8 Å². The van der Waals surface area contributed by atoms with Crippen molar-refractivity contribution in [3.05, 3.63) is 0 Å². The fourth-order valence-electron chi connectivity index (χ4n) is 1.42. The Kier molecular flexibility index (Phi) is 4.23. The Balaban J connectivity index is 2.52. The molecule has 0 aromatic heterocycles. The first-order valence-corrected chi connectivity index (χ1v) is 6.02. The zero-order chi connectivity index (χ0) is 10.6. The number of amidine groups is 1. The molecule has 1 rings (SSSR count). The van der Waals surface area contributed by atoms with E-state index < -0.39 is 0 Å². The maximum absolute atomic E-state index is 11.9. The fraction of sp³-hybridized carbons (Fsp3) is 0.900. The normalized spacial score (nSPS) is 26.3. The monoisotopic (exact) mass is 218 g/mol. The molecule has 1 unspecified atom stereocenters. The summed E-state index contributed by atoms with van der Waals surface area (Å²) < 4.78 is 11.9. The van der Waals surface area contributed by atoms with E-state index in [-0.39, 0.29) is 18.6 Å². The smallest absolute Gasteiger partial charge is 0.156 e. The third kappa shape index (κ3) is 3.48. The predicted octanol–water partition coefficient (Wildman–Crippen LogP) is 2.45. The van der Waals surface area contributed by atoms with Gasteiger partial charge in [0.05, 0.1) is 6.54 Å². The van der Waals surface area contributed by atoms with Crippen molar-refractivity contribution in [1.29, 1.82) is 0 Å². The molecule has 82 valence electrons. The molecule has 1 fully saturated rings. The maximum Gasteiger partial charge on any atom is 0.156 e. The number of alkyl halides is 1. The number of nitrogens with one attached hydrogen (secondary N) is 1. The van der Waals surface area contributed by atoms with Crippen LogP contribution in [0.3, 0.4) is 0 Å². The topological polar surface area (TPSA) is 24.4 Å². The zero-order valence-electron chi connectivity index (χ0n) is 9.14. The Morgan fingerprint density at radius 1 is 1.57 bits per heavy atom. The molecular weight excluding hydrogens is 199 g/mol. The van der Waals surface area contributed by atoms with Crippen LogP contribution in [-0.2, 0) is 0 Å². The van der Waals surface area contributed by atoms with Crippen LogP contribution in [0.25, 0.3) is 0 Å². The van der Waals surface area contributed by atoms with E-state index in [0.29, 0.717) is 6.04 Å². The van der Waals surface area contributed by atoms with Crippen LogP contribution in [0, 0.1) is 5.41 Å². The number of hydrogen-bond acceptors (Lipinski definition) is 2. The lowest BCUT2D eigenvalue weighted by Gasteiger charge is -2.35. The van der Waals surface area contributed by atoms with Crippen LogP contribution in [0.1, 0.15) is 27.2 Å². The molecule has 1 atom stereocenters. The molecule has 0 aromatic carbocycles. The van der Waals surface area contributed by atoms with Crippen LogP contribution in [-0.4, -0.2) is 30.2 Å². The molecule has 1 aliphatic heterocycles. The van der Waals surface area contributed by atoms with Gasteiger partial charge in [-0.1, -0.05) is 32.5 Å². The fourth-order valence-corrected chi connectivity index (χ4v) is 2.38. The summed E-state index contributed by atoms with van der Waals surface area (Å²) in [4.78, 5) is 4.16. The second kappa shape index (κ2) is 5.01. The van der Waals surface area contributed by atoms with Gasteiger partial charge >= 0.3 is 0 Å². The summed E-state index contributed by atoms with van der Waals surface area (Å²) in [6.45, 7) is 6.56. The van der Waals surface area contributed by atoms with E-state index in [2.05, 4.69) is 31.1 Å². The Morgan fingerprint density at radius 2 is 2.29 bits per heavy atom. The number of aliphatic imine (C=N–C) groups is 1. The zero-order valence-corrected chi connectivity index (χ0v) is 9.96. The Morgan fingerprint density at radius 3 is 2.86 bits per heavy atom. The molecule has 0 spiro atoms. The molecule has 0 aliphatic carbocycles. The van der Waals surface area contributed by atoms with Crippen LogP contribution in [0.4, 0.5) is 4.39 Å². The van der Waals surface area contributed by atoms with Crippen molar-refractivity contribution in [3.63, 3.8) is 0 Å². The van der Waals surface area contributed by atoms with Gasteiger partial charge in [0.2, 0.25) is 0 Å². The van der Waals surface area contributed by atoms with Gasteiger partial charge in [-0.15, -0.1) is 0 Å². The summed E-state index contributed by atoms with van der Waals surface area (Å²) in [7, 11) is 0. The van der Waals surface area contributed by atoms with Crippen molar-refractivity contribution in [2.24, 2.45) is 10.4 Å². The summed E-state index contributed by atoms with van der Waals surface area (Å²) >= 11 is 1.70. The number of nitrogens with zero attached hydrogens (tertiary/aromatic N) is 1. The van der Waals surface area contributed by atoms with Gasteiger partial charge in [0.25, 0.3) is 0 Å². The average Bonchev–Trinajstić information content (AvgIpc) is 2.14. The molecule has 1 saturated heterocycles. The Bertz CT molecular complexity index is 211. The Labute approximate surface area is 89.8 Å². The molecule has 0 radical (unpaired) electrons. The average molecular weight is 218 g/mol. The van der Waals surface area contributed by atoms with E-state index >= 15 is 0 Å². The van der Waals surface area contributed by atoms with Gasteiger partial charge in [0.15, 0.2) is 5.17 Å². The molecule has 1 aliphatic rings. The Hall–Kier alpha value is -0.250. The van der Waals surface area contributed by atoms with Gasteiger partial charge in [-0.2, -0.15) is 0 Å². The van der Waals surface area contributed by atoms with Gasteiger partial charge in [0.1, 0.15) is 6.67 Å². The van der Waals surface area contributed by atoms with Gasteiger partial charge in [-0.05, 0) is 11.8 Å². The van der Waals surface area contributed by atoms with Gasteiger partial charge in [-0.3, -0.25) is 4.99 Å². The van der Waals surface area contributed by atoms with Crippen molar-refractivity contribution in [2.45, 2.75) is 33.2 Å². The van der Waals surface area contributed by atoms with E-state index in [1.165, 1.54) is 0 Å². The molecule has 0 saturated carbocycles. The third-order valence-electron chi connectivity index (χ3n) is 2.33. The van der Waals surface area contributed by atoms with Gasteiger partial charge in [0, 0.05) is 11.8 Å². The predicted molar refractivity (Wildman–Crippen MR) is 61.7 cm³/mol. The molecule has 14 heavy (non-hydrogen) atoms. The van der Waals surface area contributed by atoms with Crippen molar-refractivity contribution >= 4 is 16.9 Å². The summed E-state index contributed by atoms with van der Waals surface area (Å²) in [5.41, 5.74) is 0.247. The lowest BCUT2D eigenvalue weighted by atomic mass is 9.85.